The molecule has 8 heteroatoms. The summed E-state index contributed by atoms with van der Waals surface area (Å²) >= 11 is 0. The highest BCUT2D eigenvalue weighted by Gasteiger charge is 2.42. The molecule has 2 aliphatic heterocycles. The third-order valence-corrected chi connectivity index (χ3v) is 6.38. The topological polar surface area (TPSA) is 90.4 Å². The highest BCUT2D eigenvalue weighted by molar-refractivity contribution is 5.87. The Morgan fingerprint density at radius 1 is 1.16 bits per heavy atom. The molecule has 0 amide bonds. The van der Waals surface area contributed by atoms with Crippen LogP contribution in [0.5, 0.6) is 17.2 Å². The number of carbonyl (C=O) groups excluding carboxylic acids is 1. The number of esters is 1. The van der Waals surface area contributed by atoms with Gasteiger partial charge in [0.05, 0.1) is 18.9 Å². The first-order chi connectivity index (χ1) is 15.1. The van der Waals surface area contributed by atoms with Gasteiger partial charge in [-0.2, -0.15) is 0 Å². The Balaban J connectivity index is 1.21. The van der Waals surface area contributed by atoms with Crippen molar-refractivity contribution in [1.82, 2.24) is 9.88 Å². The number of hydrogen-bond donors (Lipinski definition) is 1. The summed E-state index contributed by atoms with van der Waals surface area (Å²) < 4.78 is 21.7. The second-order valence-electron chi connectivity index (χ2n) is 8.43. The summed E-state index contributed by atoms with van der Waals surface area (Å²) in [5.41, 5.74) is 1.17. The molecule has 5 rings (SSSR count). The fourth-order valence-electron chi connectivity index (χ4n) is 4.88. The van der Waals surface area contributed by atoms with E-state index in [1.165, 1.54) is 7.11 Å². The maximum atomic E-state index is 11.7. The van der Waals surface area contributed by atoms with Crippen molar-refractivity contribution in [2.24, 2.45) is 11.8 Å². The number of likely N-dealkylation sites (tertiary alicyclic amines) is 1. The first-order valence-corrected chi connectivity index (χ1v) is 10.6. The molecule has 4 atom stereocenters. The third kappa shape index (κ3) is 4.18. The summed E-state index contributed by atoms with van der Waals surface area (Å²) in [6.45, 7) is 2.72. The Hall–Kier alpha value is -2.84. The van der Waals surface area contributed by atoms with E-state index in [0.29, 0.717) is 47.7 Å². The number of pyridine rings is 1. The maximum Gasteiger partial charge on any atom is 0.356 e. The highest BCUT2D eigenvalue weighted by Crippen LogP contribution is 2.40. The summed E-state index contributed by atoms with van der Waals surface area (Å²) in [6, 6.07) is 10.9. The van der Waals surface area contributed by atoms with E-state index in [9.17, 15) is 9.90 Å². The molecule has 1 saturated carbocycles. The van der Waals surface area contributed by atoms with Gasteiger partial charge in [0.25, 0.3) is 0 Å². The summed E-state index contributed by atoms with van der Waals surface area (Å²) in [5.74, 6) is 2.53. The van der Waals surface area contributed by atoms with Crippen LogP contribution < -0.4 is 14.2 Å². The number of benzene rings is 1. The van der Waals surface area contributed by atoms with Crippen molar-refractivity contribution in [2.75, 3.05) is 27.0 Å². The number of aliphatic hydroxyl groups excluding tert-OH is 1. The molecule has 164 valence electrons. The van der Waals surface area contributed by atoms with E-state index < -0.39 is 12.1 Å². The van der Waals surface area contributed by atoms with Gasteiger partial charge in [-0.05, 0) is 48.9 Å². The van der Waals surface area contributed by atoms with Crippen molar-refractivity contribution in [1.29, 1.82) is 0 Å². The molecule has 31 heavy (non-hydrogen) atoms. The summed E-state index contributed by atoms with van der Waals surface area (Å²) in [7, 11) is 1.36. The summed E-state index contributed by atoms with van der Waals surface area (Å²) in [6.07, 6.45) is 0.757. The largest absolute Gasteiger partial charge is 0.488 e. The number of nitrogens with zero attached hydrogens (tertiary/aromatic N) is 2. The summed E-state index contributed by atoms with van der Waals surface area (Å²) in [5, 5.41) is 10.7. The van der Waals surface area contributed by atoms with Crippen molar-refractivity contribution < 1.29 is 28.8 Å². The van der Waals surface area contributed by atoms with Gasteiger partial charge >= 0.3 is 5.97 Å². The zero-order valence-corrected chi connectivity index (χ0v) is 17.4. The summed E-state index contributed by atoms with van der Waals surface area (Å²) in [4.78, 5) is 18.5. The van der Waals surface area contributed by atoms with Gasteiger partial charge < -0.3 is 24.1 Å². The van der Waals surface area contributed by atoms with Gasteiger partial charge in [-0.15, -0.1) is 0 Å². The van der Waals surface area contributed by atoms with Crippen LogP contribution in [0.2, 0.25) is 0 Å². The Bertz CT molecular complexity index is 967. The minimum absolute atomic E-state index is 0.224. The minimum Gasteiger partial charge on any atom is -0.488 e. The molecule has 1 aromatic carbocycles. The standard InChI is InChI=1S/C23H26N2O6/c1-28-23(27)18-4-2-3-16(24-18)12-25-10-14-7-19(26)21(8-15(14)11-25)31-17-5-6-20-22(9-17)30-13-29-20/h2-6,9,14-15,19,21,26H,7-8,10-13H2,1H3/t14-,15+,19+,21+/m0/s1. The molecule has 3 heterocycles. The van der Waals surface area contributed by atoms with E-state index in [0.717, 1.165) is 25.2 Å². The van der Waals surface area contributed by atoms with Crippen LogP contribution in [0.15, 0.2) is 36.4 Å². The SMILES string of the molecule is COC(=O)c1cccc(CN2C[C@H]3C[C@@H](Oc4ccc5c(c4)OCO5)[C@H](O)C[C@H]3C2)n1. The van der Waals surface area contributed by atoms with Crippen LogP contribution in [0.4, 0.5) is 0 Å². The van der Waals surface area contributed by atoms with Gasteiger partial charge in [0.2, 0.25) is 6.79 Å². The van der Waals surface area contributed by atoms with Crippen molar-refractivity contribution in [3.05, 3.63) is 47.8 Å². The molecule has 8 nitrogen and oxygen atoms in total. The predicted octanol–water partition coefficient (Wildman–Crippen LogP) is 2.25. The predicted molar refractivity (Wildman–Crippen MR) is 110 cm³/mol. The molecular weight excluding hydrogens is 400 g/mol. The van der Waals surface area contributed by atoms with Gasteiger partial charge in [-0.1, -0.05) is 6.07 Å². The molecule has 2 aromatic rings. The van der Waals surface area contributed by atoms with Crippen LogP contribution in [0, 0.1) is 11.8 Å². The zero-order valence-electron chi connectivity index (χ0n) is 17.4. The third-order valence-electron chi connectivity index (χ3n) is 6.38. The van der Waals surface area contributed by atoms with Gasteiger partial charge in [0.15, 0.2) is 11.5 Å². The van der Waals surface area contributed by atoms with Crippen LogP contribution in [0.3, 0.4) is 0 Å². The Labute approximate surface area is 180 Å². The first-order valence-electron chi connectivity index (χ1n) is 10.6. The first kappa shape index (κ1) is 20.1. The molecule has 1 aromatic heterocycles. The van der Waals surface area contributed by atoms with E-state index in [-0.39, 0.29) is 12.9 Å². The van der Waals surface area contributed by atoms with Gasteiger partial charge in [-0.25, -0.2) is 9.78 Å². The Kier molecular flexibility index (Phi) is 5.41. The van der Waals surface area contributed by atoms with Crippen LogP contribution in [-0.2, 0) is 11.3 Å². The average molecular weight is 426 g/mol. The number of ether oxygens (including phenoxy) is 4. The molecule has 0 bridgehead atoms. The number of carbonyl (C=O) groups is 1. The lowest BCUT2D eigenvalue weighted by molar-refractivity contribution is -0.0232. The normalized spacial score (nSPS) is 27.0. The maximum absolute atomic E-state index is 11.7. The van der Waals surface area contributed by atoms with Crippen molar-refractivity contribution >= 4 is 5.97 Å². The Morgan fingerprint density at radius 2 is 1.97 bits per heavy atom. The fourth-order valence-corrected chi connectivity index (χ4v) is 4.88. The van der Waals surface area contributed by atoms with Gasteiger partial charge in [-0.3, -0.25) is 4.90 Å². The van der Waals surface area contributed by atoms with E-state index in [1.54, 1.807) is 6.07 Å². The minimum atomic E-state index is -0.507. The van der Waals surface area contributed by atoms with Crippen molar-refractivity contribution in [2.45, 2.75) is 31.6 Å². The van der Waals surface area contributed by atoms with Crippen molar-refractivity contribution in [3.8, 4) is 17.2 Å². The molecule has 0 radical (unpaired) electrons. The quantitative estimate of drug-likeness (QED) is 0.728. The lowest BCUT2D eigenvalue weighted by atomic mass is 9.78. The number of aromatic nitrogens is 1. The molecule has 0 spiro atoms. The Morgan fingerprint density at radius 3 is 2.81 bits per heavy atom. The molecule has 1 aliphatic carbocycles. The van der Waals surface area contributed by atoms with E-state index in [1.807, 2.05) is 30.3 Å². The van der Waals surface area contributed by atoms with Crippen LogP contribution >= 0.6 is 0 Å². The van der Waals surface area contributed by atoms with E-state index in [4.69, 9.17) is 18.9 Å². The van der Waals surface area contributed by atoms with E-state index in [2.05, 4.69) is 9.88 Å². The molecular formula is C23H26N2O6. The number of fused-ring (bicyclic) bond motifs is 2. The highest BCUT2D eigenvalue weighted by atomic mass is 16.7. The second-order valence-corrected chi connectivity index (χ2v) is 8.43. The number of methoxy groups -OCH3 is 1. The second kappa shape index (κ2) is 8.36. The van der Waals surface area contributed by atoms with Crippen molar-refractivity contribution in [3.63, 3.8) is 0 Å². The van der Waals surface area contributed by atoms with Gasteiger partial charge in [0, 0.05) is 25.7 Å². The molecule has 0 unspecified atom stereocenters. The van der Waals surface area contributed by atoms with Gasteiger partial charge in [0.1, 0.15) is 17.5 Å². The lowest BCUT2D eigenvalue weighted by Crippen LogP contribution is -2.42. The van der Waals surface area contributed by atoms with Crippen LogP contribution in [-0.4, -0.2) is 60.2 Å². The fraction of sp³-hybridized carbons (Fsp3) is 0.478. The zero-order chi connectivity index (χ0) is 21.4. The molecule has 1 saturated heterocycles. The van der Waals surface area contributed by atoms with E-state index >= 15 is 0 Å². The molecule has 2 fully saturated rings. The monoisotopic (exact) mass is 426 g/mol. The van der Waals surface area contributed by atoms with Crippen LogP contribution in [0.1, 0.15) is 29.0 Å². The van der Waals surface area contributed by atoms with Crippen LogP contribution in [0.25, 0.3) is 0 Å². The number of hydrogen-bond acceptors (Lipinski definition) is 8. The molecule has 3 aliphatic rings. The number of rotatable bonds is 5. The lowest BCUT2D eigenvalue weighted by Gasteiger charge is -2.35. The number of aliphatic hydroxyl groups is 1. The average Bonchev–Trinajstić information content (AvgIpc) is 3.39. The smallest absolute Gasteiger partial charge is 0.356 e. The molecule has 1 N–H and O–H groups in total.